The quantitative estimate of drug-likeness (QED) is 0.280. The van der Waals surface area contributed by atoms with Crippen molar-refractivity contribution < 1.29 is 35.9 Å². The van der Waals surface area contributed by atoms with Gasteiger partial charge in [-0.15, -0.1) is 23.4 Å². The minimum Gasteiger partial charge on any atom is -0.406 e. The number of alkyl halides is 6. The zero-order chi connectivity index (χ0) is 23.8. The summed E-state index contributed by atoms with van der Waals surface area (Å²) >= 11 is 0.821. The van der Waals surface area contributed by atoms with Crippen molar-refractivity contribution in [2.75, 3.05) is 5.75 Å². The Bertz CT molecular complexity index is 1130. The maximum absolute atomic E-state index is 12.8. The Morgan fingerprint density at radius 3 is 2.22 bits per heavy atom. The summed E-state index contributed by atoms with van der Waals surface area (Å²) < 4.78 is 81.8. The molecule has 0 fully saturated rings. The molecule has 0 bridgehead atoms. The van der Waals surface area contributed by atoms with E-state index in [0.717, 1.165) is 35.5 Å². The zero-order valence-corrected chi connectivity index (χ0v) is 17.7. The summed E-state index contributed by atoms with van der Waals surface area (Å²) in [6.45, 7) is 3.38. The highest BCUT2D eigenvalue weighted by atomic mass is 32.2. The van der Waals surface area contributed by atoms with Crippen LogP contribution in [0.2, 0.25) is 0 Å². The van der Waals surface area contributed by atoms with Gasteiger partial charge in [0.2, 0.25) is 5.82 Å². The van der Waals surface area contributed by atoms with E-state index in [1.807, 2.05) is 0 Å². The van der Waals surface area contributed by atoms with Crippen LogP contribution in [0.5, 0.6) is 5.75 Å². The summed E-state index contributed by atoms with van der Waals surface area (Å²) in [7, 11) is 1.16. The molecule has 0 unspecified atom stereocenters. The predicted octanol–water partition coefficient (Wildman–Crippen LogP) is 5.12. The Morgan fingerprint density at radius 2 is 1.69 bits per heavy atom. The summed E-state index contributed by atoms with van der Waals surface area (Å²) in [6, 6.07) is 6.76. The first-order chi connectivity index (χ1) is 14.8. The summed E-state index contributed by atoms with van der Waals surface area (Å²) in [5, 5.41) is 6.54. The Kier molecular flexibility index (Phi) is 6.31. The SMILES string of the molecule is Cc1cc(C(=O)CSc2nnc(C(F)(F)F)n2C)c(C)n1-c1ccc(OC(F)(F)F)cc1. The lowest BCUT2D eigenvalue weighted by Crippen LogP contribution is -2.17. The normalized spacial score (nSPS) is 12.3. The summed E-state index contributed by atoms with van der Waals surface area (Å²) in [5.74, 6) is -2.06. The molecule has 0 atom stereocenters. The minimum atomic E-state index is -4.80. The molecular weight excluding hydrogens is 462 g/mol. The van der Waals surface area contributed by atoms with Crippen LogP contribution in [0.1, 0.15) is 27.6 Å². The summed E-state index contributed by atoms with van der Waals surface area (Å²) in [5.41, 5.74) is 2.04. The van der Waals surface area contributed by atoms with Crippen molar-refractivity contribution in [2.45, 2.75) is 31.5 Å². The van der Waals surface area contributed by atoms with E-state index in [1.54, 1.807) is 24.5 Å². The number of hydrogen-bond donors (Lipinski definition) is 0. The number of benzene rings is 1. The number of nitrogens with zero attached hydrogens (tertiary/aromatic N) is 4. The number of halogens is 6. The van der Waals surface area contributed by atoms with Gasteiger partial charge >= 0.3 is 12.5 Å². The van der Waals surface area contributed by atoms with E-state index in [4.69, 9.17) is 0 Å². The fourth-order valence-electron chi connectivity index (χ4n) is 3.13. The third kappa shape index (κ3) is 5.09. The molecule has 0 saturated heterocycles. The van der Waals surface area contributed by atoms with Crippen LogP contribution in [0, 0.1) is 13.8 Å². The van der Waals surface area contributed by atoms with E-state index in [-0.39, 0.29) is 22.4 Å². The predicted molar refractivity (Wildman–Crippen MR) is 103 cm³/mol. The van der Waals surface area contributed by atoms with Crippen LogP contribution >= 0.6 is 11.8 Å². The lowest BCUT2D eigenvalue weighted by atomic mass is 10.2. The Hall–Kier alpha value is -2.96. The van der Waals surface area contributed by atoms with Crippen LogP contribution in [0.4, 0.5) is 26.3 Å². The maximum Gasteiger partial charge on any atom is 0.573 e. The molecule has 2 heterocycles. The number of aryl methyl sites for hydroxylation is 1. The Labute approximate surface area is 182 Å². The van der Waals surface area contributed by atoms with Gasteiger partial charge in [-0.05, 0) is 44.2 Å². The number of ether oxygens (including phenoxy) is 1. The molecule has 3 rings (SSSR count). The number of hydrogen-bond acceptors (Lipinski definition) is 5. The maximum atomic E-state index is 12.8. The molecule has 0 radical (unpaired) electrons. The van der Waals surface area contributed by atoms with Gasteiger partial charge < -0.3 is 13.9 Å². The molecule has 0 N–H and O–H groups in total. The molecule has 3 aromatic rings. The number of aromatic nitrogens is 4. The van der Waals surface area contributed by atoms with Gasteiger partial charge in [0.1, 0.15) is 5.75 Å². The second-order valence-electron chi connectivity index (χ2n) is 6.74. The van der Waals surface area contributed by atoms with Crippen LogP contribution in [0.3, 0.4) is 0 Å². The van der Waals surface area contributed by atoms with Crippen LogP contribution in [0.25, 0.3) is 5.69 Å². The zero-order valence-electron chi connectivity index (χ0n) is 16.9. The molecule has 1 aromatic carbocycles. The van der Waals surface area contributed by atoms with Crippen molar-refractivity contribution in [2.24, 2.45) is 7.05 Å². The highest BCUT2D eigenvalue weighted by Gasteiger charge is 2.37. The molecule has 2 aromatic heterocycles. The topological polar surface area (TPSA) is 61.9 Å². The van der Waals surface area contributed by atoms with Gasteiger partial charge in [-0.25, -0.2) is 0 Å². The van der Waals surface area contributed by atoms with Crippen LogP contribution in [0.15, 0.2) is 35.5 Å². The number of rotatable bonds is 6. The molecule has 172 valence electrons. The van der Waals surface area contributed by atoms with Gasteiger partial charge in [-0.2, -0.15) is 13.2 Å². The highest BCUT2D eigenvalue weighted by Crippen LogP contribution is 2.30. The third-order valence-electron chi connectivity index (χ3n) is 4.48. The first kappa shape index (κ1) is 23.7. The Balaban J connectivity index is 1.77. The third-order valence-corrected chi connectivity index (χ3v) is 5.50. The fraction of sp³-hybridized carbons (Fsp3) is 0.316. The van der Waals surface area contributed by atoms with Gasteiger partial charge in [-0.1, -0.05) is 11.8 Å². The minimum absolute atomic E-state index is 0.0558. The molecule has 0 aliphatic rings. The molecule has 0 spiro atoms. The van der Waals surface area contributed by atoms with E-state index in [9.17, 15) is 31.1 Å². The smallest absolute Gasteiger partial charge is 0.406 e. The summed E-state index contributed by atoms with van der Waals surface area (Å²) in [6.07, 6.45) is -9.46. The van der Waals surface area contributed by atoms with Gasteiger partial charge in [0.15, 0.2) is 10.9 Å². The summed E-state index contributed by atoms with van der Waals surface area (Å²) in [4.78, 5) is 12.7. The number of Topliss-reactive ketones (excluding diaryl/α,β-unsaturated/α-hetero) is 1. The van der Waals surface area contributed by atoms with E-state index < -0.39 is 18.4 Å². The van der Waals surface area contributed by atoms with Crippen molar-refractivity contribution in [3.63, 3.8) is 0 Å². The molecule has 32 heavy (non-hydrogen) atoms. The van der Waals surface area contributed by atoms with Gasteiger partial charge in [0, 0.05) is 29.7 Å². The van der Waals surface area contributed by atoms with Crippen LogP contribution < -0.4 is 4.74 Å². The Morgan fingerprint density at radius 1 is 1.06 bits per heavy atom. The first-order valence-electron chi connectivity index (χ1n) is 8.95. The standard InChI is InChI=1S/C19H16F6N4O2S/c1-10-8-14(15(30)9-32-17-27-26-16(28(17)3)18(20,21)22)11(2)29(10)12-4-6-13(7-5-12)31-19(23,24)25/h4-8H,9H2,1-3H3. The average Bonchev–Trinajstić information content (AvgIpc) is 3.18. The lowest BCUT2D eigenvalue weighted by molar-refractivity contribution is -0.274. The van der Waals surface area contributed by atoms with Crippen molar-refractivity contribution in [1.29, 1.82) is 0 Å². The number of thioether (sulfide) groups is 1. The van der Waals surface area contributed by atoms with Gasteiger partial charge in [-0.3, -0.25) is 4.79 Å². The fourth-order valence-corrected chi connectivity index (χ4v) is 3.93. The lowest BCUT2D eigenvalue weighted by Gasteiger charge is -2.12. The van der Waals surface area contributed by atoms with E-state index in [2.05, 4.69) is 14.9 Å². The highest BCUT2D eigenvalue weighted by molar-refractivity contribution is 7.99. The molecular formula is C19H16F6N4O2S. The molecule has 0 amide bonds. The molecule has 6 nitrogen and oxygen atoms in total. The number of carbonyl (C=O) groups excluding carboxylic acids is 1. The second kappa shape index (κ2) is 8.52. The molecule has 13 heteroatoms. The molecule has 0 aliphatic carbocycles. The van der Waals surface area contributed by atoms with E-state index in [1.165, 1.54) is 12.1 Å². The first-order valence-corrected chi connectivity index (χ1v) is 9.94. The second-order valence-corrected chi connectivity index (χ2v) is 7.68. The van der Waals surface area contributed by atoms with Crippen molar-refractivity contribution in [3.8, 4) is 11.4 Å². The van der Waals surface area contributed by atoms with Crippen molar-refractivity contribution in [1.82, 2.24) is 19.3 Å². The van der Waals surface area contributed by atoms with Gasteiger partial charge in [0.25, 0.3) is 0 Å². The number of carbonyl (C=O) groups is 1. The van der Waals surface area contributed by atoms with E-state index in [0.29, 0.717) is 22.6 Å². The largest absolute Gasteiger partial charge is 0.573 e. The van der Waals surface area contributed by atoms with Crippen molar-refractivity contribution in [3.05, 3.63) is 53.1 Å². The van der Waals surface area contributed by atoms with Crippen LogP contribution in [-0.2, 0) is 13.2 Å². The average molecular weight is 478 g/mol. The van der Waals surface area contributed by atoms with Crippen molar-refractivity contribution >= 4 is 17.5 Å². The monoisotopic (exact) mass is 478 g/mol. The van der Waals surface area contributed by atoms with Gasteiger partial charge in [0.05, 0.1) is 5.75 Å². The van der Waals surface area contributed by atoms with E-state index >= 15 is 0 Å². The molecule has 0 saturated carbocycles. The number of ketones is 1. The molecule has 0 aliphatic heterocycles. The van der Waals surface area contributed by atoms with Crippen LogP contribution in [-0.4, -0.2) is 37.2 Å².